The molecule has 96 valence electrons. The van der Waals surface area contributed by atoms with E-state index in [2.05, 4.69) is 33.2 Å². The van der Waals surface area contributed by atoms with Crippen molar-refractivity contribution in [2.75, 3.05) is 37.6 Å². The lowest BCUT2D eigenvalue weighted by atomic mass is 10.0. The zero-order valence-electron chi connectivity index (χ0n) is 11.1. The first-order valence-electron chi connectivity index (χ1n) is 6.22. The Morgan fingerprint density at radius 1 is 1.29 bits per heavy atom. The van der Waals surface area contributed by atoms with Crippen LogP contribution in [-0.4, -0.2) is 52.7 Å². The molecular weight excluding hydrogens is 214 g/mol. The van der Waals surface area contributed by atoms with Gasteiger partial charge in [0.05, 0.1) is 0 Å². The zero-order valence-corrected chi connectivity index (χ0v) is 11.1. The van der Waals surface area contributed by atoms with Crippen molar-refractivity contribution in [2.24, 2.45) is 12.8 Å². The molecule has 1 saturated heterocycles. The monoisotopic (exact) mass is 237 g/mol. The predicted molar refractivity (Wildman–Crippen MR) is 70.1 cm³/mol. The van der Waals surface area contributed by atoms with Gasteiger partial charge in [-0.1, -0.05) is 0 Å². The summed E-state index contributed by atoms with van der Waals surface area (Å²) in [6.07, 6.45) is 3.84. The van der Waals surface area contributed by atoms with Gasteiger partial charge in [-0.05, 0) is 13.8 Å². The second-order valence-corrected chi connectivity index (χ2v) is 5.33. The first-order chi connectivity index (χ1) is 8.04. The Hall–Kier alpha value is -1.07. The molecular formula is C12H23N5. The third-order valence-corrected chi connectivity index (χ3v) is 3.71. The fourth-order valence-electron chi connectivity index (χ4n) is 2.30. The molecule has 17 heavy (non-hydrogen) atoms. The minimum Gasteiger partial charge on any atom is -0.340 e. The zero-order chi connectivity index (χ0) is 12.5. The molecule has 2 rings (SSSR count). The quantitative estimate of drug-likeness (QED) is 0.820. The van der Waals surface area contributed by atoms with E-state index in [0.29, 0.717) is 6.54 Å². The number of nitrogens with zero attached hydrogens (tertiary/aromatic N) is 4. The van der Waals surface area contributed by atoms with Crippen LogP contribution in [0.3, 0.4) is 0 Å². The van der Waals surface area contributed by atoms with Crippen LogP contribution < -0.4 is 10.6 Å². The van der Waals surface area contributed by atoms with E-state index in [1.165, 1.54) is 0 Å². The van der Waals surface area contributed by atoms with Crippen LogP contribution in [-0.2, 0) is 7.05 Å². The summed E-state index contributed by atoms with van der Waals surface area (Å²) in [4.78, 5) is 9.19. The summed E-state index contributed by atoms with van der Waals surface area (Å²) in [5.74, 6) is 1.07. The van der Waals surface area contributed by atoms with Gasteiger partial charge in [0, 0.05) is 57.7 Å². The smallest absolute Gasteiger partial charge is 0.205 e. The lowest BCUT2D eigenvalue weighted by molar-refractivity contribution is 0.118. The van der Waals surface area contributed by atoms with E-state index in [1.54, 1.807) is 0 Å². The Kier molecular flexibility index (Phi) is 3.40. The third-order valence-electron chi connectivity index (χ3n) is 3.71. The molecule has 0 aromatic carbocycles. The van der Waals surface area contributed by atoms with Gasteiger partial charge in [0.15, 0.2) is 0 Å². The van der Waals surface area contributed by atoms with Gasteiger partial charge in [-0.3, -0.25) is 4.90 Å². The summed E-state index contributed by atoms with van der Waals surface area (Å²) in [5.41, 5.74) is 5.92. The number of aryl methyl sites for hydroxylation is 1. The van der Waals surface area contributed by atoms with Crippen molar-refractivity contribution in [3.8, 4) is 0 Å². The van der Waals surface area contributed by atoms with E-state index < -0.39 is 0 Å². The lowest BCUT2D eigenvalue weighted by Gasteiger charge is -2.43. The van der Waals surface area contributed by atoms with Crippen molar-refractivity contribution in [3.05, 3.63) is 12.4 Å². The van der Waals surface area contributed by atoms with Gasteiger partial charge in [-0.25, -0.2) is 4.98 Å². The highest BCUT2D eigenvalue weighted by molar-refractivity contribution is 5.31. The van der Waals surface area contributed by atoms with Crippen LogP contribution in [0.5, 0.6) is 0 Å². The Morgan fingerprint density at radius 3 is 2.41 bits per heavy atom. The maximum absolute atomic E-state index is 5.82. The summed E-state index contributed by atoms with van der Waals surface area (Å²) in [5, 5.41) is 0. The van der Waals surface area contributed by atoms with Gasteiger partial charge in [-0.2, -0.15) is 0 Å². The number of anilines is 1. The molecule has 0 saturated carbocycles. The first-order valence-corrected chi connectivity index (χ1v) is 6.22. The number of piperazine rings is 1. The standard InChI is InChI=1S/C12H23N5/c1-12(2,10-13)17-8-6-16(7-9-17)11-14-4-5-15(11)3/h4-5H,6-10,13H2,1-3H3. The molecule has 1 fully saturated rings. The predicted octanol–water partition coefficient (Wildman–Crippen LogP) is 0.279. The van der Waals surface area contributed by atoms with Crippen molar-refractivity contribution in [1.29, 1.82) is 0 Å². The number of hydrogen-bond donors (Lipinski definition) is 1. The highest BCUT2D eigenvalue weighted by Gasteiger charge is 2.29. The van der Waals surface area contributed by atoms with Crippen LogP contribution in [0.1, 0.15) is 13.8 Å². The van der Waals surface area contributed by atoms with Gasteiger partial charge in [0.1, 0.15) is 0 Å². The summed E-state index contributed by atoms with van der Waals surface area (Å²) < 4.78 is 2.07. The molecule has 1 aliphatic rings. The third kappa shape index (κ3) is 2.45. The van der Waals surface area contributed by atoms with E-state index in [9.17, 15) is 0 Å². The Bertz CT molecular complexity index is 363. The SMILES string of the molecule is Cn1ccnc1N1CCN(C(C)(C)CN)CC1. The Labute approximate surface area is 103 Å². The van der Waals surface area contributed by atoms with Gasteiger partial charge in [-0.15, -0.1) is 0 Å². The number of aromatic nitrogens is 2. The maximum Gasteiger partial charge on any atom is 0.205 e. The van der Waals surface area contributed by atoms with E-state index in [1.807, 2.05) is 19.4 Å². The molecule has 5 heteroatoms. The van der Waals surface area contributed by atoms with Crippen molar-refractivity contribution >= 4 is 5.95 Å². The first kappa shape index (κ1) is 12.4. The van der Waals surface area contributed by atoms with Gasteiger partial charge in [0.25, 0.3) is 0 Å². The number of hydrogen-bond acceptors (Lipinski definition) is 4. The minimum absolute atomic E-state index is 0.105. The Balaban J connectivity index is 1.97. The van der Waals surface area contributed by atoms with Crippen LogP contribution in [0, 0.1) is 0 Å². The molecule has 0 atom stereocenters. The van der Waals surface area contributed by atoms with Gasteiger partial charge < -0.3 is 15.2 Å². The van der Waals surface area contributed by atoms with Crippen LogP contribution in [0.25, 0.3) is 0 Å². The molecule has 0 amide bonds. The summed E-state index contributed by atoms with van der Waals surface area (Å²) in [6.45, 7) is 9.28. The summed E-state index contributed by atoms with van der Waals surface area (Å²) >= 11 is 0. The highest BCUT2D eigenvalue weighted by atomic mass is 15.4. The molecule has 2 heterocycles. The minimum atomic E-state index is 0.105. The number of rotatable bonds is 3. The largest absolute Gasteiger partial charge is 0.340 e. The maximum atomic E-state index is 5.82. The van der Waals surface area contributed by atoms with Gasteiger partial charge in [0.2, 0.25) is 5.95 Å². The van der Waals surface area contributed by atoms with E-state index >= 15 is 0 Å². The molecule has 5 nitrogen and oxygen atoms in total. The number of imidazole rings is 1. The molecule has 0 unspecified atom stereocenters. The van der Waals surface area contributed by atoms with Crippen LogP contribution in [0.2, 0.25) is 0 Å². The average Bonchev–Trinajstić information content (AvgIpc) is 2.76. The van der Waals surface area contributed by atoms with E-state index in [-0.39, 0.29) is 5.54 Å². The molecule has 1 aromatic rings. The molecule has 1 aliphatic heterocycles. The number of nitrogens with two attached hydrogens (primary N) is 1. The van der Waals surface area contributed by atoms with Crippen molar-refractivity contribution in [1.82, 2.24) is 14.5 Å². The van der Waals surface area contributed by atoms with E-state index in [0.717, 1.165) is 32.1 Å². The molecule has 1 aromatic heterocycles. The second kappa shape index (κ2) is 4.66. The molecule has 0 radical (unpaired) electrons. The normalized spacial score (nSPS) is 18.7. The Morgan fingerprint density at radius 2 is 1.94 bits per heavy atom. The summed E-state index contributed by atoms with van der Waals surface area (Å²) in [6, 6.07) is 0. The molecule has 0 spiro atoms. The molecule has 2 N–H and O–H groups in total. The van der Waals surface area contributed by atoms with Crippen molar-refractivity contribution < 1.29 is 0 Å². The van der Waals surface area contributed by atoms with Crippen LogP contribution in [0.4, 0.5) is 5.95 Å². The van der Waals surface area contributed by atoms with E-state index in [4.69, 9.17) is 5.73 Å². The topological polar surface area (TPSA) is 50.3 Å². The fourth-order valence-corrected chi connectivity index (χ4v) is 2.30. The van der Waals surface area contributed by atoms with Gasteiger partial charge >= 0.3 is 0 Å². The average molecular weight is 237 g/mol. The van der Waals surface area contributed by atoms with Crippen molar-refractivity contribution in [2.45, 2.75) is 19.4 Å². The molecule has 0 aliphatic carbocycles. The highest BCUT2D eigenvalue weighted by Crippen LogP contribution is 2.18. The van der Waals surface area contributed by atoms with Crippen LogP contribution in [0.15, 0.2) is 12.4 Å². The lowest BCUT2D eigenvalue weighted by Crippen LogP contribution is -2.57. The molecule has 0 bridgehead atoms. The second-order valence-electron chi connectivity index (χ2n) is 5.33. The fraction of sp³-hybridized carbons (Fsp3) is 0.750. The van der Waals surface area contributed by atoms with Crippen LogP contribution >= 0.6 is 0 Å². The van der Waals surface area contributed by atoms with Crippen molar-refractivity contribution in [3.63, 3.8) is 0 Å². The summed E-state index contributed by atoms with van der Waals surface area (Å²) in [7, 11) is 2.04.